The molecule has 0 heterocycles. The van der Waals surface area contributed by atoms with E-state index in [4.69, 9.17) is 11.0 Å². The third-order valence-electron chi connectivity index (χ3n) is 2.84. The smallest absolute Gasteiger partial charge is 0.248 e. The average molecular weight is 269 g/mol. The first-order valence-corrected chi connectivity index (χ1v) is 5.92. The van der Waals surface area contributed by atoms with Gasteiger partial charge in [-0.15, -0.1) is 0 Å². The molecule has 3 N–H and O–H groups in total. The minimum atomic E-state index is -0.492. The number of rotatable bonds is 4. The van der Waals surface area contributed by atoms with Gasteiger partial charge in [0.25, 0.3) is 0 Å². The van der Waals surface area contributed by atoms with E-state index in [-0.39, 0.29) is 5.82 Å². The summed E-state index contributed by atoms with van der Waals surface area (Å²) in [5, 5.41) is 12.0. The number of halogens is 1. The van der Waals surface area contributed by atoms with Crippen molar-refractivity contribution in [3.05, 3.63) is 65.0 Å². The number of primary amides is 1. The Kier molecular flexibility index (Phi) is 3.96. The zero-order valence-corrected chi connectivity index (χ0v) is 10.6. The summed E-state index contributed by atoms with van der Waals surface area (Å²) in [6.07, 6.45) is 0. The highest BCUT2D eigenvalue weighted by molar-refractivity contribution is 5.93. The molecule has 5 heteroatoms. The number of benzene rings is 2. The predicted molar refractivity (Wildman–Crippen MR) is 73.4 cm³/mol. The molecule has 0 aliphatic carbocycles. The van der Waals surface area contributed by atoms with E-state index in [2.05, 4.69) is 5.32 Å². The SMILES string of the molecule is N#Cc1ccc(F)cc1CNc1ccc(C(N)=O)cc1. The van der Waals surface area contributed by atoms with Crippen LogP contribution in [0.4, 0.5) is 10.1 Å². The topological polar surface area (TPSA) is 78.9 Å². The third-order valence-corrected chi connectivity index (χ3v) is 2.84. The van der Waals surface area contributed by atoms with Gasteiger partial charge in [-0.05, 0) is 48.0 Å². The maximum absolute atomic E-state index is 13.2. The largest absolute Gasteiger partial charge is 0.381 e. The summed E-state index contributed by atoms with van der Waals surface area (Å²) < 4.78 is 13.2. The lowest BCUT2D eigenvalue weighted by Gasteiger charge is -2.08. The van der Waals surface area contributed by atoms with E-state index in [1.807, 2.05) is 6.07 Å². The number of nitriles is 1. The van der Waals surface area contributed by atoms with Crippen LogP contribution in [-0.2, 0) is 6.54 Å². The summed E-state index contributed by atoms with van der Waals surface area (Å²) in [6.45, 7) is 0.316. The van der Waals surface area contributed by atoms with Gasteiger partial charge in [0.2, 0.25) is 5.91 Å². The Bertz CT molecular complexity index is 675. The Morgan fingerprint density at radius 1 is 1.25 bits per heavy atom. The highest BCUT2D eigenvalue weighted by atomic mass is 19.1. The molecule has 0 spiro atoms. The molecule has 20 heavy (non-hydrogen) atoms. The lowest BCUT2D eigenvalue weighted by atomic mass is 10.1. The van der Waals surface area contributed by atoms with Crippen LogP contribution in [0.3, 0.4) is 0 Å². The van der Waals surface area contributed by atoms with Crippen LogP contribution in [0.25, 0.3) is 0 Å². The molecule has 2 rings (SSSR count). The normalized spacial score (nSPS) is 9.80. The standard InChI is InChI=1S/C15H12FN3O/c16-13-4-1-11(8-17)12(7-13)9-19-14-5-2-10(3-6-14)15(18)20/h1-7,19H,9H2,(H2,18,20). The fraction of sp³-hybridized carbons (Fsp3) is 0.0667. The predicted octanol–water partition coefficient (Wildman–Crippen LogP) is 2.41. The van der Waals surface area contributed by atoms with Crippen molar-refractivity contribution in [2.75, 3.05) is 5.32 Å². The lowest BCUT2D eigenvalue weighted by Crippen LogP contribution is -2.10. The van der Waals surface area contributed by atoms with E-state index in [1.54, 1.807) is 24.3 Å². The molecule has 0 fully saturated rings. The van der Waals surface area contributed by atoms with Crippen LogP contribution in [0.15, 0.2) is 42.5 Å². The van der Waals surface area contributed by atoms with Gasteiger partial charge < -0.3 is 11.1 Å². The molecule has 100 valence electrons. The minimum absolute atomic E-state index is 0.316. The van der Waals surface area contributed by atoms with Crippen LogP contribution in [0.5, 0.6) is 0 Å². The van der Waals surface area contributed by atoms with Crippen molar-refractivity contribution in [2.45, 2.75) is 6.54 Å². The molecule has 0 aromatic heterocycles. The Morgan fingerprint density at radius 2 is 1.95 bits per heavy atom. The zero-order valence-electron chi connectivity index (χ0n) is 10.6. The van der Waals surface area contributed by atoms with Gasteiger partial charge in [-0.25, -0.2) is 4.39 Å². The van der Waals surface area contributed by atoms with E-state index >= 15 is 0 Å². The minimum Gasteiger partial charge on any atom is -0.381 e. The second-order valence-electron chi connectivity index (χ2n) is 4.21. The molecule has 0 saturated heterocycles. The Morgan fingerprint density at radius 3 is 2.55 bits per heavy atom. The molecular formula is C15H12FN3O. The van der Waals surface area contributed by atoms with Crippen molar-refractivity contribution in [1.82, 2.24) is 0 Å². The summed E-state index contributed by atoms with van der Waals surface area (Å²) in [5.74, 6) is -0.877. The lowest BCUT2D eigenvalue weighted by molar-refractivity contribution is 0.100. The summed E-state index contributed by atoms with van der Waals surface area (Å²) in [6, 6.07) is 12.6. The van der Waals surface area contributed by atoms with Gasteiger partial charge in [0, 0.05) is 17.8 Å². The molecule has 0 saturated carbocycles. The highest BCUT2D eigenvalue weighted by Gasteiger charge is 2.04. The molecule has 2 aromatic carbocycles. The third kappa shape index (κ3) is 3.12. The molecule has 0 atom stereocenters. The molecule has 0 unspecified atom stereocenters. The van der Waals surface area contributed by atoms with E-state index in [1.165, 1.54) is 18.2 Å². The van der Waals surface area contributed by atoms with E-state index in [0.717, 1.165) is 5.69 Å². The molecule has 0 radical (unpaired) electrons. The van der Waals surface area contributed by atoms with Crippen LogP contribution in [0, 0.1) is 17.1 Å². The molecule has 4 nitrogen and oxygen atoms in total. The van der Waals surface area contributed by atoms with Gasteiger partial charge in [0.1, 0.15) is 5.82 Å². The number of nitrogens with two attached hydrogens (primary N) is 1. The average Bonchev–Trinajstić information content (AvgIpc) is 2.45. The van der Waals surface area contributed by atoms with Crippen molar-refractivity contribution in [3.63, 3.8) is 0 Å². The molecule has 2 aromatic rings. The monoisotopic (exact) mass is 269 g/mol. The Hall–Kier alpha value is -2.87. The molecule has 0 aliphatic rings. The van der Waals surface area contributed by atoms with Gasteiger partial charge in [-0.1, -0.05) is 0 Å². The molecule has 0 aliphatic heterocycles. The summed E-state index contributed by atoms with van der Waals surface area (Å²) in [4.78, 5) is 10.9. The Balaban J connectivity index is 2.11. The first-order valence-electron chi connectivity index (χ1n) is 5.92. The number of amides is 1. The second-order valence-corrected chi connectivity index (χ2v) is 4.21. The highest BCUT2D eigenvalue weighted by Crippen LogP contribution is 2.14. The number of carbonyl (C=O) groups is 1. The van der Waals surface area contributed by atoms with Crippen molar-refractivity contribution < 1.29 is 9.18 Å². The van der Waals surface area contributed by atoms with Gasteiger partial charge in [0.15, 0.2) is 0 Å². The Labute approximate surface area is 115 Å². The van der Waals surface area contributed by atoms with Gasteiger partial charge in [-0.3, -0.25) is 4.79 Å². The molecule has 0 bridgehead atoms. The number of carbonyl (C=O) groups excluding carboxylic acids is 1. The molecule has 1 amide bonds. The number of nitrogens with zero attached hydrogens (tertiary/aromatic N) is 1. The van der Waals surface area contributed by atoms with Crippen molar-refractivity contribution in [1.29, 1.82) is 5.26 Å². The second kappa shape index (κ2) is 5.85. The quantitative estimate of drug-likeness (QED) is 0.894. The van der Waals surface area contributed by atoms with Crippen LogP contribution < -0.4 is 11.1 Å². The zero-order chi connectivity index (χ0) is 14.5. The van der Waals surface area contributed by atoms with Gasteiger partial charge in [0.05, 0.1) is 11.6 Å². The van der Waals surface area contributed by atoms with Crippen LogP contribution in [0.2, 0.25) is 0 Å². The van der Waals surface area contributed by atoms with E-state index in [9.17, 15) is 9.18 Å². The number of nitrogens with one attached hydrogen (secondary N) is 1. The van der Waals surface area contributed by atoms with Crippen molar-refractivity contribution in [2.24, 2.45) is 5.73 Å². The number of hydrogen-bond acceptors (Lipinski definition) is 3. The van der Waals surface area contributed by atoms with E-state index in [0.29, 0.717) is 23.2 Å². The fourth-order valence-electron chi connectivity index (χ4n) is 1.77. The maximum Gasteiger partial charge on any atom is 0.248 e. The fourth-order valence-corrected chi connectivity index (χ4v) is 1.77. The first-order chi connectivity index (χ1) is 9.60. The number of hydrogen-bond donors (Lipinski definition) is 2. The van der Waals surface area contributed by atoms with Crippen molar-refractivity contribution >= 4 is 11.6 Å². The summed E-state index contributed by atoms with van der Waals surface area (Å²) >= 11 is 0. The molecular weight excluding hydrogens is 257 g/mol. The van der Waals surface area contributed by atoms with Crippen molar-refractivity contribution in [3.8, 4) is 6.07 Å². The van der Waals surface area contributed by atoms with Crippen LogP contribution >= 0.6 is 0 Å². The summed E-state index contributed by atoms with van der Waals surface area (Å²) in [5.41, 5.74) is 7.31. The number of anilines is 1. The summed E-state index contributed by atoms with van der Waals surface area (Å²) in [7, 11) is 0. The van der Waals surface area contributed by atoms with Crippen LogP contribution in [0.1, 0.15) is 21.5 Å². The van der Waals surface area contributed by atoms with Crippen LogP contribution in [-0.4, -0.2) is 5.91 Å². The van der Waals surface area contributed by atoms with Gasteiger partial charge >= 0.3 is 0 Å². The van der Waals surface area contributed by atoms with Gasteiger partial charge in [-0.2, -0.15) is 5.26 Å². The first kappa shape index (κ1) is 13.6. The maximum atomic E-state index is 13.2. The van der Waals surface area contributed by atoms with E-state index < -0.39 is 5.91 Å².